The van der Waals surface area contributed by atoms with Gasteiger partial charge in [-0.15, -0.1) is 10.2 Å². The SMILES string of the molecule is CC(c1cccc(Cl)c1)n1c(Cl)nnc1C1CC1. The van der Waals surface area contributed by atoms with Gasteiger partial charge in [-0.1, -0.05) is 23.7 Å². The number of rotatable bonds is 3. The lowest BCUT2D eigenvalue weighted by Gasteiger charge is -2.17. The average Bonchev–Trinajstić information content (AvgIpc) is 3.12. The molecule has 94 valence electrons. The zero-order chi connectivity index (χ0) is 12.7. The van der Waals surface area contributed by atoms with Crippen molar-refractivity contribution < 1.29 is 0 Å². The van der Waals surface area contributed by atoms with E-state index in [0.717, 1.165) is 16.4 Å². The summed E-state index contributed by atoms with van der Waals surface area (Å²) in [4.78, 5) is 0. The molecule has 0 amide bonds. The fraction of sp³-hybridized carbons (Fsp3) is 0.385. The van der Waals surface area contributed by atoms with Gasteiger partial charge < -0.3 is 0 Å². The van der Waals surface area contributed by atoms with Crippen molar-refractivity contribution in [3.05, 3.63) is 46.0 Å². The van der Waals surface area contributed by atoms with Gasteiger partial charge in [0.1, 0.15) is 5.82 Å². The molecule has 0 saturated heterocycles. The van der Waals surface area contributed by atoms with Gasteiger partial charge in [-0.2, -0.15) is 0 Å². The van der Waals surface area contributed by atoms with E-state index in [2.05, 4.69) is 17.1 Å². The lowest BCUT2D eigenvalue weighted by Crippen LogP contribution is -2.10. The zero-order valence-electron chi connectivity index (χ0n) is 9.98. The summed E-state index contributed by atoms with van der Waals surface area (Å²) in [7, 11) is 0. The van der Waals surface area contributed by atoms with Gasteiger partial charge in [-0.25, -0.2) is 0 Å². The molecule has 0 radical (unpaired) electrons. The van der Waals surface area contributed by atoms with E-state index in [9.17, 15) is 0 Å². The number of halogens is 2. The molecular weight excluding hydrogens is 269 g/mol. The Morgan fingerprint density at radius 1 is 1.28 bits per heavy atom. The van der Waals surface area contributed by atoms with Crippen LogP contribution in [0.3, 0.4) is 0 Å². The summed E-state index contributed by atoms with van der Waals surface area (Å²) in [6.45, 7) is 2.09. The van der Waals surface area contributed by atoms with Crippen LogP contribution in [0.5, 0.6) is 0 Å². The van der Waals surface area contributed by atoms with Crippen molar-refractivity contribution in [2.24, 2.45) is 0 Å². The second kappa shape index (κ2) is 4.56. The van der Waals surface area contributed by atoms with Gasteiger partial charge in [-0.05, 0) is 49.1 Å². The number of nitrogens with zero attached hydrogens (tertiary/aromatic N) is 3. The van der Waals surface area contributed by atoms with Crippen LogP contribution in [0.25, 0.3) is 0 Å². The molecule has 1 aromatic carbocycles. The van der Waals surface area contributed by atoms with Gasteiger partial charge in [0.05, 0.1) is 6.04 Å². The Kier molecular flexibility index (Phi) is 3.04. The molecule has 1 aliphatic carbocycles. The number of hydrogen-bond donors (Lipinski definition) is 0. The van der Waals surface area contributed by atoms with E-state index in [1.165, 1.54) is 12.8 Å². The van der Waals surface area contributed by atoms with E-state index in [-0.39, 0.29) is 6.04 Å². The first-order valence-electron chi connectivity index (χ1n) is 6.02. The van der Waals surface area contributed by atoms with Gasteiger partial charge in [0.2, 0.25) is 5.28 Å². The summed E-state index contributed by atoms with van der Waals surface area (Å²) >= 11 is 12.2. The van der Waals surface area contributed by atoms with Gasteiger partial charge in [0.15, 0.2) is 0 Å². The summed E-state index contributed by atoms with van der Waals surface area (Å²) in [5.74, 6) is 1.51. The highest BCUT2D eigenvalue weighted by Gasteiger charge is 2.31. The third kappa shape index (κ3) is 2.13. The predicted octanol–water partition coefficient (Wildman–Crippen LogP) is 4.07. The Labute approximate surface area is 116 Å². The lowest BCUT2D eigenvalue weighted by atomic mass is 10.1. The van der Waals surface area contributed by atoms with Crippen molar-refractivity contribution in [3.8, 4) is 0 Å². The molecule has 0 bridgehead atoms. The van der Waals surface area contributed by atoms with Crippen molar-refractivity contribution >= 4 is 23.2 Å². The van der Waals surface area contributed by atoms with Gasteiger partial charge >= 0.3 is 0 Å². The van der Waals surface area contributed by atoms with E-state index in [4.69, 9.17) is 23.2 Å². The first-order chi connectivity index (χ1) is 8.66. The molecule has 1 unspecified atom stereocenters. The minimum Gasteiger partial charge on any atom is -0.294 e. The summed E-state index contributed by atoms with van der Waals surface area (Å²) in [6, 6.07) is 7.92. The smallest absolute Gasteiger partial charge is 0.225 e. The highest BCUT2D eigenvalue weighted by Crippen LogP contribution is 2.41. The quantitative estimate of drug-likeness (QED) is 0.849. The van der Waals surface area contributed by atoms with Crippen LogP contribution in [0, 0.1) is 0 Å². The molecular formula is C13H13Cl2N3. The molecule has 5 heteroatoms. The maximum atomic E-state index is 6.16. The molecule has 3 nitrogen and oxygen atoms in total. The van der Waals surface area contributed by atoms with Crippen LogP contribution < -0.4 is 0 Å². The topological polar surface area (TPSA) is 30.7 Å². The fourth-order valence-electron chi connectivity index (χ4n) is 2.18. The monoisotopic (exact) mass is 281 g/mol. The van der Waals surface area contributed by atoms with Crippen molar-refractivity contribution in [3.63, 3.8) is 0 Å². The maximum absolute atomic E-state index is 6.16. The second-order valence-corrected chi connectivity index (χ2v) is 5.48. The number of hydrogen-bond acceptors (Lipinski definition) is 2. The first kappa shape index (κ1) is 12.0. The molecule has 1 aliphatic rings. The van der Waals surface area contributed by atoms with Gasteiger partial charge in [-0.3, -0.25) is 4.57 Å². The molecule has 0 aliphatic heterocycles. The van der Waals surface area contributed by atoms with E-state index in [0.29, 0.717) is 11.2 Å². The number of aromatic nitrogens is 3. The van der Waals surface area contributed by atoms with Crippen LogP contribution in [-0.2, 0) is 0 Å². The molecule has 1 fully saturated rings. The third-order valence-electron chi connectivity index (χ3n) is 3.34. The summed E-state index contributed by atoms with van der Waals surface area (Å²) in [5, 5.41) is 9.37. The van der Waals surface area contributed by atoms with E-state index in [1.807, 2.05) is 28.8 Å². The van der Waals surface area contributed by atoms with Crippen molar-refractivity contribution in [2.45, 2.75) is 31.7 Å². The zero-order valence-corrected chi connectivity index (χ0v) is 11.5. The molecule has 0 spiro atoms. The first-order valence-corrected chi connectivity index (χ1v) is 6.78. The fourth-order valence-corrected chi connectivity index (χ4v) is 2.65. The van der Waals surface area contributed by atoms with Gasteiger partial charge in [0.25, 0.3) is 0 Å². The van der Waals surface area contributed by atoms with Crippen molar-refractivity contribution in [1.29, 1.82) is 0 Å². The molecule has 2 aromatic rings. The minimum absolute atomic E-state index is 0.0989. The van der Waals surface area contributed by atoms with Crippen LogP contribution in [-0.4, -0.2) is 14.8 Å². The van der Waals surface area contributed by atoms with Crippen LogP contribution >= 0.6 is 23.2 Å². The highest BCUT2D eigenvalue weighted by molar-refractivity contribution is 6.30. The Balaban J connectivity index is 2.01. The summed E-state index contributed by atoms with van der Waals surface area (Å²) in [5.41, 5.74) is 1.12. The van der Waals surface area contributed by atoms with E-state index >= 15 is 0 Å². The third-order valence-corrected chi connectivity index (χ3v) is 3.83. The highest BCUT2D eigenvalue weighted by atomic mass is 35.5. The second-order valence-electron chi connectivity index (χ2n) is 4.70. The molecule has 1 atom stereocenters. The van der Waals surface area contributed by atoms with Crippen molar-refractivity contribution in [2.75, 3.05) is 0 Å². The Morgan fingerprint density at radius 3 is 2.72 bits per heavy atom. The molecule has 3 rings (SSSR count). The van der Waals surface area contributed by atoms with Crippen molar-refractivity contribution in [1.82, 2.24) is 14.8 Å². The molecule has 0 N–H and O–H groups in total. The van der Waals surface area contributed by atoms with E-state index in [1.54, 1.807) is 0 Å². The maximum Gasteiger partial charge on any atom is 0.225 e. The number of benzene rings is 1. The molecule has 1 saturated carbocycles. The van der Waals surface area contributed by atoms with Crippen LogP contribution in [0.2, 0.25) is 10.3 Å². The normalized spacial score (nSPS) is 16.8. The molecule has 1 aromatic heterocycles. The lowest BCUT2D eigenvalue weighted by molar-refractivity contribution is 0.603. The average molecular weight is 282 g/mol. The summed E-state index contributed by atoms with van der Waals surface area (Å²) < 4.78 is 2.00. The standard InChI is InChI=1S/C13H13Cl2N3/c1-8(10-3-2-4-11(14)7-10)18-12(9-5-6-9)16-17-13(18)15/h2-4,7-9H,5-6H2,1H3. The van der Waals surface area contributed by atoms with Gasteiger partial charge in [0, 0.05) is 10.9 Å². The van der Waals surface area contributed by atoms with E-state index < -0.39 is 0 Å². The Bertz CT molecular complexity index is 575. The van der Waals surface area contributed by atoms with Crippen LogP contribution in [0.15, 0.2) is 24.3 Å². The largest absolute Gasteiger partial charge is 0.294 e. The Hall–Kier alpha value is -1.06. The van der Waals surface area contributed by atoms with Crippen LogP contribution in [0.4, 0.5) is 0 Å². The minimum atomic E-state index is 0.0989. The Morgan fingerprint density at radius 2 is 2.06 bits per heavy atom. The summed E-state index contributed by atoms with van der Waals surface area (Å²) in [6.07, 6.45) is 2.36. The predicted molar refractivity (Wildman–Crippen MR) is 72.3 cm³/mol. The molecule has 1 heterocycles. The molecule has 18 heavy (non-hydrogen) atoms. The van der Waals surface area contributed by atoms with Crippen LogP contribution in [0.1, 0.15) is 43.1 Å².